The molecule has 4 aromatic carbocycles. The summed E-state index contributed by atoms with van der Waals surface area (Å²) in [5.41, 5.74) is 21.7. The van der Waals surface area contributed by atoms with Crippen LogP contribution in [0.15, 0.2) is 183 Å². The molecule has 3 amide bonds. The van der Waals surface area contributed by atoms with E-state index in [1.54, 1.807) is 25.3 Å². The van der Waals surface area contributed by atoms with E-state index in [1.807, 2.05) is 140 Å². The number of nitrogens with zero attached hydrogens (tertiary/aromatic N) is 7. The summed E-state index contributed by atoms with van der Waals surface area (Å²) in [5, 5.41) is 6.06. The minimum atomic E-state index is -0.340. The molecule has 9 heterocycles. The Morgan fingerprint density at radius 1 is 0.613 bits per heavy atom. The standard InChI is InChI=1S/C77H65N11O4.Zn/c1-6-55-38-58-28-31-65(82-58)73(66-32-29-59(83-66)39-57-27-26-56(81-57)37-47(2)80-55)51-18-24-54(25-19-51)76(92)79-46-48-14-16-50(17-15-48)64-44-70-74(52-20-22-53(23-21-52)75(91)78-34-35-88(5)72(90)13-10-36-89)67-33-30-60(84-67)41-68-63(49-11-8-7-9-12-49)40-61(85-68)43-71-77(3,4)45-62(86-71)42-69(64)87-70;/h6-33,36-44H,1,34-35,45-46H2,2-5H3,(H6,78,79,80,81,82,83,84,85,86,87,89,90,91,92);/q;+2/p-2. The van der Waals surface area contributed by atoms with Crippen molar-refractivity contribution in [3.8, 4) is 44.5 Å². The molecule has 0 radical (unpaired) electrons. The monoisotopic (exact) mass is 1270 g/mol. The first-order valence-corrected chi connectivity index (χ1v) is 30.3. The smallest absolute Gasteiger partial charge is 0.661 e. The van der Waals surface area contributed by atoms with E-state index in [0.717, 1.165) is 140 Å². The van der Waals surface area contributed by atoms with E-state index in [9.17, 15) is 19.2 Å². The number of fused-ring (bicyclic) bond motifs is 14. The van der Waals surface area contributed by atoms with Crippen LogP contribution < -0.4 is 20.6 Å². The zero-order chi connectivity index (χ0) is 63.5. The van der Waals surface area contributed by atoms with Crippen LogP contribution in [0, 0.1) is 6.92 Å². The maximum Gasteiger partial charge on any atom is 2.00 e. The molecule has 15 nitrogen and oxygen atoms in total. The molecule has 452 valence electrons. The van der Waals surface area contributed by atoms with Crippen LogP contribution in [0.25, 0.3) is 120 Å². The molecule has 14 bridgehead atoms. The van der Waals surface area contributed by atoms with Gasteiger partial charge in [-0.3, -0.25) is 24.2 Å². The molecule has 4 N–H and O–H groups in total. The summed E-state index contributed by atoms with van der Waals surface area (Å²) in [4.78, 5) is 89.6. The predicted molar refractivity (Wildman–Crippen MR) is 368 cm³/mol. The van der Waals surface area contributed by atoms with Crippen molar-refractivity contribution < 1.29 is 38.7 Å². The minimum absolute atomic E-state index is 0. The van der Waals surface area contributed by atoms with Crippen LogP contribution in [-0.4, -0.2) is 78.9 Å². The fraction of sp³-hybridized carbons (Fsp3) is 0.117. The van der Waals surface area contributed by atoms with Crippen molar-refractivity contribution in [1.82, 2.24) is 55.4 Å². The number of nitrogens with one attached hydrogen (secondary N) is 4. The minimum Gasteiger partial charge on any atom is -0.661 e. The Morgan fingerprint density at radius 2 is 1.23 bits per heavy atom. The van der Waals surface area contributed by atoms with Crippen molar-refractivity contribution in [1.29, 1.82) is 0 Å². The molecule has 0 spiro atoms. The number of aryl methyl sites for hydroxylation is 1. The number of H-pyrrole nitrogens is 2. The average molecular weight is 1270 g/mol. The molecule has 13 rings (SSSR count). The first-order valence-electron chi connectivity index (χ1n) is 30.3. The third-order valence-electron chi connectivity index (χ3n) is 16.5. The van der Waals surface area contributed by atoms with Gasteiger partial charge in [-0.25, -0.2) is 15.0 Å². The summed E-state index contributed by atoms with van der Waals surface area (Å²) < 4.78 is 0. The first kappa shape index (κ1) is 62.0. The molecule has 0 unspecified atom stereocenters. The maximum absolute atomic E-state index is 14.0. The van der Waals surface area contributed by atoms with Crippen LogP contribution in [0.2, 0.25) is 0 Å². The molecule has 0 atom stereocenters. The van der Waals surface area contributed by atoms with Gasteiger partial charge < -0.3 is 35.5 Å². The number of aromatic amines is 2. The molecule has 0 saturated heterocycles. The maximum atomic E-state index is 14.0. The molecule has 16 heteroatoms. The number of likely N-dealkylation sites (N-methyl/N-ethyl adjacent to an activating group) is 1. The number of allylic oxidation sites excluding steroid dienone is 1. The number of rotatable bonds is 14. The Morgan fingerprint density at radius 3 is 1.94 bits per heavy atom. The normalized spacial score (nSPS) is 12.6. The molecule has 9 aromatic rings. The Labute approximate surface area is 550 Å². The van der Waals surface area contributed by atoms with Crippen molar-refractivity contribution in [2.75, 3.05) is 20.1 Å². The largest absolute Gasteiger partial charge is 2.00 e. The summed E-state index contributed by atoms with van der Waals surface area (Å²) >= 11 is 0. The number of carbonyl (C=O) groups excluding carboxylic acids is 4. The molecule has 93 heavy (non-hydrogen) atoms. The molecule has 0 fully saturated rings. The van der Waals surface area contributed by atoms with E-state index in [4.69, 9.17) is 29.9 Å². The molecule has 0 saturated carbocycles. The van der Waals surface area contributed by atoms with E-state index in [0.29, 0.717) is 29.5 Å². The van der Waals surface area contributed by atoms with Crippen LogP contribution in [-0.2, 0) is 47.4 Å². The van der Waals surface area contributed by atoms with Gasteiger partial charge in [0.2, 0.25) is 5.91 Å². The van der Waals surface area contributed by atoms with E-state index in [-0.39, 0.29) is 62.2 Å². The van der Waals surface area contributed by atoms with Gasteiger partial charge in [0, 0.05) is 106 Å². The van der Waals surface area contributed by atoms with Gasteiger partial charge in [0.25, 0.3) is 11.8 Å². The average Bonchev–Trinajstić information content (AvgIpc) is 1.72. The number of hydrogen-bond acceptors (Lipinski definition) is 8. The summed E-state index contributed by atoms with van der Waals surface area (Å²) in [6.45, 7) is 11.1. The Kier molecular flexibility index (Phi) is 17.8. The summed E-state index contributed by atoms with van der Waals surface area (Å²) in [6.07, 6.45) is 17.1. The van der Waals surface area contributed by atoms with Gasteiger partial charge in [0.15, 0.2) is 0 Å². The van der Waals surface area contributed by atoms with E-state index < -0.39 is 0 Å². The van der Waals surface area contributed by atoms with Crippen molar-refractivity contribution in [2.45, 2.75) is 39.2 Å². The van der Waals surface area contributed by atoms with Gasteiger partial charge in [0.05, 0.1) is 34.2 Å². The summed E-state index contributed by atoms with van der Waals surface area (Å²) in [7, 11) is 1.61. The van der Waals surface area contributed by atoms with Gasteiger partial charge in [-0.1, -0.05) is 136 Å². The van der Waals surface area contributed by atoms with E-state index >= 15 is 0 Å². The van der Waals surface area contributed by atoms with Gasteiger partial charge >= 0.3 is 19.5 Å². The Balaban J connectivity index is 0.00000832. The Hall–Kier alpha value is -11.2. The molecule has 0 aliphatic carbocycles. The zero-order valence-electron chi connectivity index (χ0n) is 51.9. The quantitative estimate of drug-likeness (QED) is 0.0460. The van der Waals surface area contributed by atoms with Crippen molar-refractivity contribution in [3.63, 3.8) is 0 Å². The number of amides is 3. The number of aromatic nitrogens is 8. The predicted octanol–water partition coefficient (Wildman–Crippen LogP) is 14.1. The second kappa shape index (κ2) is 26.7. The van der Waals surface area contributed by atoms with Crippen molar-refractivity contribution >= 4 is 99.6 Å². The summed E-state index contributed by atoms with van der Waals surface area (Å²) in [6, 6.07) is 53.9. The van der Waals surface area contributed by atoms with Crippen LogP contribution >= 0.6 is 0 Å². The van der Waals surface area contributed by atoms with E-state index in [1.165, 1.54) is 11.0 Å². The SMILES string of the molecule is C=Cc1cc2nc(c(-c3ccc(C(=O)NCc4ccc(-c5cc6[nH]c5cc5nc(cc7cc(-c8ccccc8)c(cc8nc(c6-c6ccc(C(=O)NCCN(C)C(=O)/C=C\C=O)cc6)C=C8)[nH]7)C(C)(C)C5)cc4)cc3)c3ccc(cc4nc(cc(C)[n-]1)C=C4)[n-]3)C=C2.[Zn+2]. The van der Waals surface area contributed by atoms with Crippen molar-refractivity contribution in [3.05, 3.63) is 256 Å². The number of carbonyl (C=O) groups is 4. The van der Waals surface area contributed by atoms with Crippen molar-refractivity contribution in [2.24, 2.45) is 0 Å². The van der Waals surface area contributed by atoms with E-state index in [2.05, 4.69) is 95.6 Å². The number of aldehydes is 1. The Bertz CT molecular complexity index is 4970. The fourth-order valence-electron chi connectivity index (χ4n) is 11.7. The van der Waals surface area contributed by atoms with Crippen LogP contribution in [0.1, 0.15) is 97.1 Å². The molecular weight excluding hydrogens is 1210 g/mol. The molecular formula is C77H63N11O4Zn. The zero-order valence-corrected chi connectivity index (χ0v) is 54.8. The third-order valence-corrected chi connectivity index (χ3v) is 16.5. The molecule has 5 aromatic heterocycles. The van der Waals surface area contributed by atoms with Gasteiger partial charge in [-0.05, 0) is 131 Å². The number of benzene rings is 4. The van der Waals surface area contributed by atoms with Gasteiger partial charge in [-0.2, -0.15) is 5.69 Å². The molecule has 4 aliphatic heterocycles. The van der Waals surface area contributed by atoms with Crippen LogP contribution in [0.4, 0.5) is 0 Å². The second-order valence-electron chi connectivity index (χ2n) is 23.6. The summed E-state index contributed by atoms with van der Waals surface area (Å²) in [5.74, 6) is -0.855. The van der Waals surface area contributed by atoms with Crippen LogP contribution in [0.3, 0.4) is 0 Å². The number of hydrogen-bond donors (Lipinski definition) is 4. The molecule has 4 aliphatic rings. The first-order chi connectivity index (χ1) is 44.7. The second-order valence-corrected chi connectivity index (χ2v) is 23.6. The fourth-order valence-corrected chi connectivity index (χ4v) is 11.7. The third kappa shape index (κ3) is 13.8. The van der Waals surface area contributed by atoms with Gasteiger partial charge in [0.1, 0.15) is 6.29 Å². The topological polar surface area (TPSA) is 207 Å². The van der Waals surface area contributed by atoms with Crippen LogP contribution in [0.5, 0.6) is 0 Å². The van der Waals surface area contributed by atoms with Gasteiger partial charge in [-0.15, -0.1) is 23.3 Å².